The SMILES string of the molecule is COc1ccc(C(CC(=O)O)c2ccc(O)cc2)cc1. The van der Waals surface area contributed by atoms with E-state index in [0.29, 0.717) is 0 Å². The van der Waals surface area contributed by atoms with Gasteiger partial charge in [0.1, 0.15) is 11.5 Å². The summed E-state index contributed by atoms with van der Waals surface area (Å²) in [7, 11) is 1.59. The number of aliphatic carboxylic acids is 1. The van der Waals surface area contributed by atoms with Gasteiger partial charge in [0, 0.05) is 5.92 Å². The summed E-state index contributed by atoms with van der Waals surface area (Å²) < 4.78 is 5.10. The van der Waals surface area contributed by atoms with Crippen molar-refractivity contribution in [3.63, 3.8) is 0 Å². The van der Waals surface area contributed by atoms with Gasteiger partial charge in [-0.25, -0.2) is 0 Å². The zero-order valence-corrected chi connectivity index (χ0v) is 11.1. The van der Waals surface area contributed by atoms with Crippen molar-refractivity contribution in [1.82, 2.24) is 0 Å². The minimum atomic E-state index is -0.862. The lowest BCUT2D eigenvalue weighted by molar-refractivity contribution is -0.137. The van der Waals surface area contributed by atoms with Crippen molar-refractivity contribution in [2.24, 2.45) is 0 Å². The number of phenols is 1. The maximum atomic E-state index is 11.1. The van der Waals surface area contributed by atoms with Gasteiger partial charge in [-0.05, 0) is 35.4 Å². The highest BCUT2D eigenvalue weighted by Crippen LogP contribution is 2.30. The first-order chi connectivity index (χ1) is 9.60. The Kier molecular flexibility index (Phi) is 4.25. The maximum absolute atomic E-state index is 11.1. The first-order valence-corrected chi connectivity index (χ1v) is 6.25. The molecule has 1 unspecified atom stereocenters. The zero-order chi connectivity index (χ0) is 14.5. The number of carbonyl (C=O) groups is 1. The molecule has 104 valence electrons. The van der Waals surface area contributed by atoms with E-state index in [1.54, 1.807) is 31.4 Å². The first kappa shape index (κ1) is 13.9. The summed E-state index contributed by atoms with van der Waals surface area (Å²) in [6, 6.07) is 14.0. The smallest absolute Gasteiger partial charge is 0.304 e. The van der Waals surface area contributed by atoms with E-state index in [4.69, 9.17) is 9.84 Å². The minimum absolute atomic E-state index is 0.00287. The van der Waals surface area contributed by atoms with Crippen molar-refractivity contribution in [3.05, 3.63) is 59.7 Å². The van der Waals surface area contributed by atoms with Crippen molar-refractivity contribution in [1.29, 1.82) is 0 Å². The molecule has 0 radical (unpaired) electrons. The van der Waals surface area contributed by atoms with E-state index in [2.05, 4.69) is 0 Å². The average Bonchev–Trinajstić information content (AvgIpc) is 2.46. The van der Waals surface area contributed by atoms with Gasteiger partial charge in [-0.15, -0.1) is 0 Å². The van der Waals surface area contributed by atoms with E-state index in [0.717, 1.165) is 16.9 Å². The van der Waals surface area contributed by atoms with Gasteiger partial charge in [0.15, 0.2) is 0 Å². The predicted molar refractivity (Wildman–Crippen MR) is 75.2 cm³/mol. The summed E-state index contributed by atoms with van der Waals surface area (Å²) >= 11 is 0. The number of hydrogen-bond donors (Lipinski definition) is 2. The second kappa shape index (κ2) is 6.10. The van der Waals surface area contributed by atoms with Gasteiger partial charge in [-0.3, -0.25) is 4.79 Å². The van der Waals surface area contributed by atoms with Crippen LogP contribution in [0.25, 0.3) is 0 Å². The van der Waals surface area contributed by atoms with Gasteiger partial charge in [-0.2, -0.15) is 0 Å². The topological polar surface area (TPSA) is 66.8 Å². The lowest BCUT2D eigenvalue weighted by Crippen LogP contribution is -2.07. The van der Waals surface area contributed by atoms with Crippen molar-refractivity contribution in [3.8, 4) is 11.5 Å². The van der Waals surface area contributed by atoms with Gasteiger partial charge >= 0.3 is 5.97 Å². The molecule has 0 aromatic heterocycles. The van der Waals surface area contributed by atoms with Crippen LogP contribution in [0.3, 0.4) is 0 Å². The molecule has 0 aliphatic carbocycles. The highest BCUT2D eigenvalue weighted by molar-refractivity contribution is 5.69. The summed E-state index contributed by atoms with van der Waals surface area (Å²) in [5.41, 5.74) is 1.76. The normalized spacial score (nSPS) is 11.8. The van der Waals surface area contributed by atoms with E-state index in [-0.39, 0.29) is 18.1 Å². The maximum Gasteiger partial charge on any atom is 0.304 e. The second-order valence-electron chi connectivity index (χ2n) is 4.52. The Labute approximate surface area is 117 Å². The lowest BCUT2D eigenvalue weighted by atomic mass is 9.88. The Bertz CT molecular complexity index is 572. The predicted octanol–water partition coefficient (Wildman–Crippen LogP) is 3.01. The second-order valence-corrected chi connectivity index (χ2v) is 4.52. The van der Waals surface area contributed by atoms with Gasteiger partial charge in [0.2, 0.25) is 0 Å². The van der Waals surface area contributed by atoms with Crippen LogP contribution in [0.5, 0.6) is 11.5 Å². The van der Waals surface area contributed by atoms with Crippen molar-refractivity contribution >= 4 is 5.97 Å². The van der Waals surface area contributed by atoms with E-state index < -0.39 is 5.97 Å². The molecule has 20 heavy (non-hydrogen) atoms. The number of hydrogen-bond acceptors (Lipinski definition) is 3. The van der Waals surface area contributed by atoms with Gasteiger partial charge in [0.25, 0.3) is 0 Å². The minimum Gasteiger partial charge on any atom is -0.508 e. The molecule has 0 heterocycles. The van der Waals surface area contributed by atoms with Crippen LogP contribution in [0, 0.1) is 0 Å². The fraction of sp³-hybridized carbons (Fsp3) is 0.188. The van der Waals surface area contributed by atoms with E-state index in [9.17, 15) is 9.90 Å². The number of phenolic OH excluding ortho intramolecular Hbond substituents is 1. The summed E-state index contributed by atoms with van der Waals surface area (Å²) in [5.74, 6) is -0.219. The molecule has 4 heteroatoms. The van der Waals surface area contributed by atoms with E-state index in [1.807, 2.05) is 24.3 Å². The van der Waals surface area contributed by atoms with Crippen LogP contribution in [-0.4, -0.2) is 23.3 Å². The number of carboxylic acid groups (broad SMARTS) is 1. The quantitative estimate of drug-likeness (QED) is 0.878. The molecule has 2 aromatic carbocycles. The molecule has 2 rings (SSSR count). The van der Waals surface area contributed by atoms with Crippen molar-refractivity contribution in [2.45, 2.75) is 12.3 Å². The van der Waals surface area contributed by atoms with Crippen LogP contribution in [0.2, 0.25) is 0 Å². The summed E-state index contributed by atoms with van der Waals surface area (Å²) in [6.07, 6.45) is -0.00287. The molecule has 4 nitrogen and oxygen atoms in total. The standard InChI is InChI=1S/C16H16O4/c1-20-14-8-4-12(5-9-14)15(10-16(18)19)11-2-6-13(17)7-3-11/h2-9,15,17H,10H2,1H3,(H,18,19). The molecule has 0 saturated carbocycles. The summed E-state index contributed by atoms with van der Waals surface area (Å²) in [4.78, 5) is 11.1. The summed E-state index contributed by atoms with van der Waals surface area (Å²) in [6.45, 7) is 0. The van der Waals surface area contributed by atoms with Crippen LogP contribution < -0.4 is 4.74 Å². The van der Waals surface area contributed by atoms with Crippen molar-refractivity contribution in [2.75, 3.05) is 7.11 Å². The molecular formula is C16H16O4. The molecule has 0 aliphatic rings. The molecule has 0 spiro atoms. The van der Waals surface area contributed by atoms with Gasteiger partial charge in [-0.1, -0.05) is 24.3 Å². The third-order valence-corrected chi connectivity index (χ3v) is 3.19. The monoisotopic (exact) mass is 272 g/mol. The lowest BCUT2D eigenvalue weighted by Gasteiger charge is -2.16. The van der Waals surface area contributed by atoms with E-state index >= 15 is 0 Å². The molecule has 0 aliphatic heterocycles. The molecule has 2 N–H and O–H groups in total. The highest BCUT2D eigenvalue weighted by Gasteiger charge is 2.18. The summed E-state index contributed by atoms with van der Waals surface area (Å²) in [5, 5.41) is 18.4. The largest absolute Gasteiger partial charge is 0.508 e. The van der Waals surface area contributed by atoms with Crippen molar-refractivity contribution < 1.29 is 19.7 Å². The molecule has 1 atom stereocenters. The number of methoxy groups -OCH3 is 1. The first-order valence-electron chi connectivity index (χ1n) is 6.25. The fourth-order valence-corrected chi connectivity index (χ4v) is 2.15. The Morgan fingerprint density at radius 1 is 1.05 bits per heavy atom. The molecule has 0 saturated heterocycles. The van der Waals surface area contributed by atoms with Crippen LogP contribution in [0.4, 0.5) is 0 Å². The van der Waals surface area contributed by atoms with Gasteiger partial charge < -0.3 is 14.9 Å². The number of rotatable bonds is 5. The molecule has 0 amide bonds. The number of carboxylic acids is 1. The third-order valence-electron chi connectivity index (χ3n) is 3.19. The zero-order valence-electron chi connectivity index (χ0n) is 11.1. The number of aromatic hydroxyl groups is 1. The third kappa shape index (κ3) is 3.29. The molecule has 2 aromatic rings. The Hall–Kier alpha value is -2.49. The average molecular weight is 272 g/mol. The van der Waals surface area contributed by atoms with Crippen LogP contribution in [0.15, 0.2) is 48.5 Å². The van der Waals surface area contributed by atoms with E-state index in [1.165, 1.54) is 0 Å². The Morgan fingerprint density at radius 3 is 2.00 bits per heavy atom. The van der Waals surface area contributed by atoms with Crippen LogP contribution in [-0.2, 0) is 4.79 Å². The number of ether oxygens (including phenoxy) is 1. The molecular weight excluding hydrogens is 256 g/mol. The van der Waals surface area contributed by atoms with Crippen LogP contribution in [0.1, 0.15) is 23.5 Å². The Morgan fingerprint density at radius 2 is 1.55 bits per heavy atom. The number of benzene rings is 2. The Balaban J connectivity index is 2.35. The highest BCUT2D eigenvalue weighted by atomic mass is 16.5. The fourth-order valence-electron chi connectivity index (χ4n) is 2.15. The van der Waals surface area contributed by atoms with Crippen LogP contribution >= 0.6 is 0 Å². The molecule has 0 fully saturated rings. The molecule has 0 bridgehead atoms. The van der Waals surface area contributed by atoms with Gasteiger partial charge in [0.05, 0.1) is 13.5 Å².